The van der Waals surface area contributed by atoms with Gasteiger partial charge in [-0.2, -0.15) is 0 Å². The molecule has 0 saturated heterocycles. The summed E-state index contributed by atoms with van der Waals surface area (Å²) >= 11 is 0. The number of nitrogens with one attached hydrogen (secondary N) is 1. The van der Waals surface area contributed by atoms with E-state index >= 15 is 0 Å². The monoisotopic (exact) mass is 215 g/mol. The molecule has 0 radical (unpaired) electrons. The third kappa shape index (κ3) is 6.68. The molecule has 0 heterocycles. The molecule has 0 bridgehead atoms. The summed E-state index contributed by atoms with van der Waals surface area (Å²) in [5, 5.41) is 2.98. The van der Waals surface area contributed by atoms with Crippen LogP contribution >= 0.6 is 0 Å². The second-order valence-corrected chi connectivity index (χ2v) is 2.91. The van der Waals surface area contributed by atoms with Crippen LogP contribution in [0, 0.1) is 0 Å². The average molecular weight is 215 g/mol. The van der Waals surface area contributed by atoms with Crippen molar-refractivity contribution in [1.29, 1.82) is 0 Å². The molecular weight excluding hydrogens is 198 g/mol. The van der Waals surface area contributed by atoms with Gasteiger partial charge in [0.05, 0.1) is 20.6 Å². The van der Waals surface area contributed by atoms with Gasteiger partial charge in [-0.1, -0.05) is 6.08 Å². The van der Waals surface area contributed by atoms with Gasteiger partial charge in [-0.15, -0.1) is 0 Å². The van der Waals surface area contributed by atoms with E-state index in [9.17, 15) is 9.59 Å². The Balaban J connectivity index is 3.61. The minimum absolute atomic E-state index is 0.254. The first kappa shape index (κ1) is 13.6. The van der Waals surface area contributed by atoms with Crippen molar-refractivity contribution in [3.63, 3.8) is 0 Å². The number of methoxy groups -OCH3 is 2. The van der Waals surface area contributed by atoms with Gasteiger partial charge >= 0.3 is 11.9 Å². The lowest BCUT2D eigenvalue weighted by atomic mass is 10.3. The van der Waals surface area contributed by atoms with E-state index in [0.717, 1.165) is 0 Å². The molecule has 0 spiro atoms. The number of carbonyl (C=O) groups is 2. The molecule has 0 rings (SSSR count). The van der Waals surface area contributed by atoms with Crippen LogP contribution in [-0.2, 0) is 19.1 Å². The Bertz CT molecular complexity index is 248. The highest BCUT2D eigenvalue weighted by atomic mass is 16.5. The van der Waals surface area contributed by atoms with Crippen LogP contribution in [0.5, 0.6) is 0 Å². The molecule has 0 aliphatic rings. The third-order valence-corrected chi connectivity index (χ3v) is 1.79. The minimum Gasteiger partial charge on any atom is -0.469 e. The predicted molar refractivity (Wildman–Crippen MR) is 55.3 cm³/mol. The second kappa shape index (κ2) is 7.99. The van der Waals surface area contributed by atoms with Crippen molar-refractivity contribution < 1.29 is 19.1 Å². The molecular formula is C10H17NO4. The molecule has 0 atom stereocenters. The first-order valence-corrected chi connectivity index (χ1v) is 4.64. The van der Waals surface area contributed by atoms with Gasteiger partial charge in [-0.05, 0) is 6.92 Å². The van der Waals surface area contributed by atoms with Gasteiger partial charge in [0.2, 0.25) is 0 Å². The molecule has 1 N–H and O–H groups in total. The highest BCUT2D eigenvalue weighted by molar-refractivity contribution is 5.87. The summed E-state index contributed by atoms with van der Waals surface area (Å²) in [6, 6.07) is 0. The quantitative estimate of drug-likeness (QED) is 0.391. The Morgan fingerprint density at radius 1 is 1.27 bits per heavy atom. The van der Waals surface area contributed by atoms with Crippen LogP contribution in [0.15, 0.2) is 11.6 Å². The zero-order valence-corrected chi connectivity index (χ0v) is 9.33. The Morgan fingerprint density at radius 2 is 1.93 bits per heavy atom. The number of hydrogen-bond acceptors (Lipinski definition) is 5. The second-order valence-electron chi connectivity index (χ2n) is 2.91. The van der Waals surface area contributed by atoms with Crippen molar-refractivity contribution in [3.05, 3.63) is 11.6 Å². The maximum atomic E-state index is 10.9. The summed E-state index contributed by atoms with van der Waals surface area (Å²) in [7, 11) is 2.69. The van der Waals surface area contributed by atoms with E-state index in [1.54, 1.807) is 13.0 Å². The zero-order valence-electron chi connectivity index (χ0n) is 9.33. The average Bonchev–Trinajstić information content (AvgIpc) is 2.26. The van der Waals surface area contributed by atoms with Crippen molar-refractivity contribution in [1.82, 2.24) is 5.32 Å². The van der Waals surface area contributed by atoms with Crippen LogP contribution in [0.4, 0.5) is 0 Å². The maximum Gasteiger partial charge on any atom is 0.333 e. The van der Waals surface area contributed by atoms with Crippen LogP contribution in [0.3, 0.4) is 0 Å². The van der Waals surface area contributed by atoms with Crippen LogP contribution in [0.2, 0.25) is 0 Å². The lowest BCUT2D eigenvalue weighted by molar-refractivity contribution is -0.140. The lowest BCUT2D eigenvalue weighted by Crippen LogP contribution is -2.19. The molecule has 0 aromatic heterocycles. The highest BCUT2D eigenvalue weighted by Gasteiger charge is 2.01. The first-order valence-electron chi connectivity index (χ1n) is 4.64. The number of carbonyl (C=O) groups excluding carboxylic acids is 2. The molecule has 5 heteroatoms. The zero-order chi connectivity index (χ0) is 11.7. The lowest BCUT2D eigenvalue weighted by Gasteiger charge is -2.01. The number of hydrogen-bond donors (Lipinski definition) is 1. The van der Waals surface area contributed by atoms with Gasteiger partial charge in [0.25, 0.3) is 0 Å². The van der Waals surface area contributed by atoms with Gasteiger partial charge in [-0.25, -0.2) is 4.79 Å². The fourth-order valence-corrected chi connectivity index (χ4v) is 0.864. The van der Waals surface area contributed by atoms with E-state index in [-0.39, 0.29) is 11.9 Å². The van der Waals surface area contributed by atoms with Crippen molar-refractivity contribution >= 4 is 11.9 Å². The normalized spacial score (nSPS) is 11.0. The van der Waals surface area contributed by atoms with Gasteiger partial charge in [0, 0.05) is 18.7 Å². The Morgan fingerprint density at radius 3 is 2.47 bits per heavy atom. The van der Waals surface area contributed by atoms with Crippen molar-refractivity contribution in [3.8, 4) is 0 Å². The fraction of sp³-hybridized carbons (Fsp3) is 0.600. The molecule has 0 fully saturated rings. The van der Waals surface area contributed by atoms with Gasteiger partial charge in [-0.3, -0.25) is 4.79 Å². The van der Waals surface area contributed by atoms with Gasteiger partial charge in [0.15, 0.2) is 0 Å². The summed E-state index contributed by atoms with van der Waals surface area (Å²) in [5.41, 5.74) is 0.545. The Hall–Kier alpha value is -1.36. The first-order chi connectivity index (χ1) is 7.11. The summed E-state index contributed by atoms with van der Waals surface area (Å²) in [6.07, 6.45) is 2.03. The van der Waals surface area contributed by atoms with Gasteiger partial charge in [0.1, 0.15) is 0 Å². The van der Waals surface area contributed by atoms with E-state index in [1.165, 1.54) is 14.2 Å². The van der Waals surface area contributed by atoms with Crippen molar-refractivity contribution in [2.24, 2.45) is 0 Å². The van der Waals surface area contributed by atoms with Gasteiger partial charge < -0.3 is 14.8 Å². The number of esters is 2. The molecule has 15 heavy (non-hydrogen) atoms. The summed E-state index contributed by atoms with van der Waals surface area (Å²) in [6.45, 7) is 2.73. The smallest absolute Gasteiger partial charge is 0.333 e. The predicted octanol–water partition coefficient (Wildman–Crippen LogP) is 0.258. The number of rotatable bonds is 6. The maximum absolute atomic E-state index is 10.9. The molecule has 0 aromatic carbocycles. The van der Waals surface area contributed by atoms with E-state index < -0.39 is 0 Å². The van der Waals surface area contributed by atoms with E-state index in [4.69, 9.17) is 0 Å². The van der Waals surface area contributed by atoms with Crippen LogP contribution in [0.1, 0.15) is 13.3 Å². The SMILES string of the molecule is COC(=O)CCNC/C=C(/C)C(=O)OC. The number of ether oxygens (including phenoxy) is 2. The molecule has 0 amide bonds. The molecule has 86 valence electrons. The molecule has 0 unspecified atom stereocenters. The van der Waals surface area contributed by atoms with Crippen LogP contribution < -0.4 is 5.32 Å². The molecule has 0 saturated carbocycles. The van der Waals surface area contributed by atoms with Crippen molar-refractivity contribution in [2.45, 2.75) is 13.3 Å². The molecule has 0 aliphatic carbocycles. The minimum atomic E-state index is -0.343. The Kier molecular flexibility index (Phi) is 7.27. The van der Waals surface area contributed by atoms with Crippen molar-refractivity contribution in [2.75, 3.05) is 27.3 Å². The fourth-order valence-electron chi connectivity index (χ4n) is 0.864. The summed E-state index contributed by atoms with van der Waals surface area (Å²) < 4.78 is 8.98. The topological polar surface area (TPSA) is 64.6 Å². The Labute approximate surface area is 89.4 Å². The molecule has 0 aromatic rings. The summed E-state index contributed by atoms with van der Waals surface area (Å²) in [4.78, 5) is 21.6. The largest absolute Gasteiger partial charge is 0.469 e. The van der Waals surface area contributed by atoms with E-state index in [1.807, 2.05) is 0 Å². The highest BCUT2D eigenvalue weighted by Crippen LogP contribution is 1.93. The van der Waals surface area contributed by atoms with Crippen LogP contribution in [0.25, 0.3) is 0 Å². The third-order valence-electron chi connectivity index (χ3n) is 1.79. The van der Waals surface area contributed by atoms with E-state index in [0.29, 0.717) is 25.1 Å². The van der Waals surface area contributed by atoms with Crippen LogP contribution in [-0.4, -0.2) is 39.2 Å². The van der Waals surface area contributed by atoms with E-state index in [2.05, 4.69) is 14.8 Å². The standard InChI is InChI=1S/C10H17NO4/c1-8(10(13)15-3)4-6-11-7-5-9(12)14-2/h4,11H,5-7H2,1-3H3/b8-4-. The molecule has 5 nitrogen and oxygen atoms in total. The molecule has 0 aliphatic heterocycles. The summed E-state index contributed by atoms with van der Waals surface area (Å²) in [5.74, 6) is -0.596.